The van der Waals surface area contributed by atoms with Gasteiger partial charge in [-0.2, -0.15) is 10.5 Å². The number of benzene rings is 9. The highest BCUT2D eigenvalue weighted by atomic mass is 16.3. The minimum Gasteiger partial charge on any atom is -0.455 e. The first-order valence-corrected chi connectivity index (χ1v) is 20.5. The number of nitriles is 2. The number of aromatic nitrogens is 2. The molecule has 9 aromatic carbocycles. The average Bonchev–Trinajstić information content (AvgIpc) is 4.09. The largest absolute Gasteiger partial charge is 0.455 e. The molecule has 0 unspecified atom stereocenters. The summed E-state index contributed by atoms with van der Waals surface area (Å²) in [5, 5.41) is 28.8. The van der Waals surface area contributed by atoms with Crippen LogP contribution in [0.25, 0.3) is 121 Å². The van der Waals surface area contributed by atoms with Crippen LogP contribution in [-0.2, 0) is 0 Å². The van der Waals surface area contributed by atoms with E-state index in [1.54, 1.807) is 6.07 Å². The Morgan fingerprint density at radius 1 is 0.339 bits per heavy atom. The molecular formula is C56H30N4O2. The lowest BCUT2D eigenvalue weighted by molar-refractivity contribution is 0.672. The van der Waals surface area contributed by atoms with Crippen molar-refractivity contribution in [2.24, 2.45) is 0 Å². The monoisotopic (exact) mass is 790 g/mol. The molecule has 286 valence electrons. The fourth-order valence-corrected chi connectivity index (χ4v) is 9.84. The minimum atomic E-state index is 0.528. The van der Waals surface area contributed by atoms with Crippen molar-refractivity contribution in [3.63, 3.8) is 0 Å². The van der Waals surface area contributed by atoms with Crippen LogP contribution >= 0.6 is 0 Å². The van der Waals surface area contributed by atoms with E-state index in [4.69, 9.17) is 8.83 Å². The second-order valence-electron chi connectivity index (χ2n) is 15.9. The van der Waals surface area contributed by atoms with Crippen LogP contribution in [0.15, 0.2) is 191 Å². The quantitative estimate of drug-likeness (QED) is 0.178. The summed E-state index contributed by atoms with van der Waals surface area (Å²) in [6.07, 6.45) is 0. The fraction of sp³-hybridized carbons (Fsp3) is 0. The Hall–Kier alpha value is -8.84. The minimum absolute atomic E-state index is 0.528. The molecule has 0 aliphatic carbocycles. The van der Waals surface area contributed by atoms with E-state index < -0.39 is 0 Å². The maximum Gasteiger partial charge on any atom is 0.145 e. The van der Waals surface area contributed by atoms with Crippen molar-refractivity contribution < 1.29 is 8.83 Å². The first kappa shape index (κ1) is 34.1. The molecule has 0 radical (unpaired) electrons. The Kier molecular flexibility index (Phi) is 7.05. The molecule has 0 spiro atoms. The molecule has 0 amide bonds. The van der Waals surface area contributed by atoms with E-state index in [1.807, 2.05) is 54.6 Å². The molecule has 0 bridgehead atoms. The zero-order chi connectivity index (χ0) is 41.1. The van der Waals surface area contributed by atoms with Gasteiger partial charge in [-0.1, -0.05) is 84.9 Å². The second kappa shape index (κ2) is 12.8. The van der Waals surface area contributed by atoms with Crippen LogP contribution < -0.4 is 0 Å². The van der Waals surface area contributed by atoms with Gasteiger partial charge in [0, 0.05) is 43.7 Å². The summed E-state index contributed by atoms with van der Waals surface area (Å²) in [5.74, 6) is 0. The van der Waals surface area contributed by atoms with Crippen LogP contribution in [0.5, 0.6) is 0 Å². The molecule has 6 heteroatoms. The van der Waals surface area contributed by atoms with Crippen molar-refractivity contribution in [2.45, 2.75) is 0 Å². The van der Waals surface area contributed by atoms with E-state index in [0.29, 0.717) is 11.1 Å². The average molecular weight is 791 g/mol. The van der Waals surface area contributed by atoms with Gasteiger partial charge in [0.05, 0.1) is 56.1 Å². The normalized spacial score (nSPS) is 11.8. The summed E-state index contributed by atoms with van der Waals surface area (Å²) in [6, 6.07) is 67.1. The van der Waals surface area contributed by atoms with Crippen LogP contribution in [0, 0.1) is 22.7 Å². The van der Waals surface area contributed by atoms with Crippen molar-refractivity contribution in [1.29, 1.82) is 10.5 Å². The summed E-state index contributed by atoms with van der Waals surface area (Å²) >= 11 is 0. The number of para-hydroxylation sites is 4. The lowest BCUT2D eigenvalue weighted by Gasteiger charge is -2.16. The van der Waals surface area contributed by atoms with Crippen LogP contribution in [0.2, 0.25) is 0 Å². The SMILES string of the molecule is N#Cc1cccc(-c2cc(C#N)cc(-c3cc(-n4c5ccccc5c5c6oc7ccccc7c6ccc54)cc(-n4c5ccccc5c5c6oc7ccccc7c6ccc54)c3)c2)c1. The number of fused-ring (bicyclic) bond motifs is 14. The highest BCUT2D eigenvalue weighted by molar-refractivity contribution is 6.25. The Morgan fingerprint density at radius 3 is 1.35 bits per heavy atom. The molecular weight excluding hydrogens is 761 g/mol. The molecule has 62 heavy (non-hydrogen) atoms. The van der Waals surface area contributed by atoms with E-state index in [0.717, 1.165) is 121 Å². The van der Waals surface area contributed by atoms with E-state index in [-0.39, 0.29) is 0 Å². The maximum atomic E-state index is 10.4. The third kappa shape index (κ3) is 4.84. The molecule has 0 saturated heterocycles. The van der Waals surface area contributed by atoms with Crippen LogP contribution in [-0.4, -0.2) is 9.13 Å². The Morgan fingerprint density at radius 2 is 0.806 bits per heavy atom. The predicted molar refractivity (Wildman–Crippen MR) is 250 cm³/mol. The van der Waals surface area contributed by atoms with Gasteiger partial charge in [-0.25, -0.2) is 0 Å². The van der Waals surface area contributed by atoms with Gasteiger partial charge < -0.3 is 18.0 Å². The van der Waals surface area contributed by atoms with Crippen LogP contribution in [0.4, 0.5) is 0 Å². The lowest BCUT2D eigenvalue weighted by atomic mass is 9.95. The summed E-state index contributed by atoms with van der Waals surface area (Å²) in [5.41, 5.74) is 14.1. The third-order valence-electron chi connectivity index (χ3n) is 12.5. The summed E-state index contributed by atoms with van der Waals surface area (Å²) in [6.45, 7) is 0. The molecule has 6 nitrogen and oxygen atoms in total. The molecule has 0 saturated carbocycles. The Bertz CT molecular complexity index is 3940. The van der Waals surface area contributed by atoms with Crippen molar-refractivity contribution in [2.75, 3.05) is 0 Å². The number of furan rings is 2. The first-order chi connectivity index (χ1) is 30.6. The van der Waals surface area contributed by atoms with Crippen molar-refractivity contribution in [1.82, 2.24) is 9.13 Å². The molecule has 4 aromatic heterocycles. The molecule has 13 aromatic rings. The number of hydrogen-bond donors (Lipinski definition) is 0. The molecule has 0 aliphatic heterocycles. The van der Waals surface area contributed by atoms with Gasteiger partial charge >= 0.3 is 0 Å². The highest BCUT2D eigenvalue weighted by Gasteiger charge is 2.23. The zero-order valence-corrected chi connectivity index (χ0v) is 32.9. The van der Waals surface area contributed by atoms with E-state index >= 15 is 0 Å². The Labute approximate surface area is 353 Å². The van der Waals surface area contributed by atoms with Crippen LogP contribution in [0.1, 0.15) is 11.1 Å². The molecule has 0 fully saturated rings. The van der Waals surface area contributed by atoms with E-state index in [9.17, 15) is 10.5 Å². The second-order valence-corrected chi connectivity index (χ2v) is 15.9. The summed E-state index contributed by atoms with van der Waals surface area (Å²) in [7, 11) is 0. The van der Waals surface area contributed by atoms with Gasteiger partial charge in [0.2, 0.25) is 0 Å². The smallest absolute Gasteiger partial charge is 0.145 e. The third-order valence-corrected chi connectivity index (χ3v) is 12.5. The summed E-state index contributed by atoms with van der Waals surface area (Å²) < 4.78 is 18.0. The predicted octanol–water partition coefficient (Wildman–Crippen LogP) is 14.8. The van der Waals surface area contributed by atoms with Gasteiger partial charge in [0.1, 0.15) is 22.3 Å². The molecule has 4 heterocycles. The van der Waals surface area contributed by atoms with E-state index in [2.05, 4.69) is 143 Å². The fourth-order valence-electron chi connectivity index (χ4n) is 9.84. The topological polar surface area (TPSA) is 83.7 Å². The Balaban J connectivity index is 1.15. The van der Waals surface area contributed by atoms with Gasteiger partial charge in [0.25, 0.3) is 0 Å². The maximum absolute atomic E-state index is 10.4. The molecule has 0 aliphatic rings. The van der Waals surface area contributed by atoms with Gasteiger partial charge in [-0.05, 0) is 119 Å². The van der Waals surface area contributed by atoms with Crippen molar-refractivity contribution >= 4 is 87.5 Å². The number of rotatable bonds is 4. The molecule has 13 rings (SSSR count). The van der Waals surface area contributed by atoms with Gasteiger partial charge in [0.15, 0.2) is 0 Å². The first-order valence-electron chi connectivity index (χ1n) is 20.5. The lowest BCUT2D eigenvalue weighted by Crippen LogP contribution is -2.00. The zero-order valence-electron chi connectivity index (χ0n) is 32.9. The summed E-state index contributed by atoms with van der Waals surface area (Å²) in [4.78, 5) is 0. The highest BCUT2D eigenvalue weighted by Crippen LogP contribution is 2.44. The molecule has 0 atom stereocenters. The van der Waals surface area contributed by atoms with Gasteiger partial charge in [-0.15, -0.1) is 0 Å². The standard InChI is InChI=1S/C56H30N4O2/c57-31-33-10-9-11-35(24-33)36-25-34(32-58)26-37(27-36)38-28-39(59-47-16-5-1-14-45(47)53-49(59)22-20-43-41-12-3-7-18-51(41)61-55(43)53)30-40(29-38)60-48-17-6-2-15-46(48)54-50(60)23-21-44-42-13-4-8-19-52(42)62-56(44)54/h1-30H. The van der Waals surface area contributed by atoms with Gasteiger partial charge in [-0.3, -0.25) is 0 Å². The molecule has 0 N–H and O–H groups in total. The number of nitrogens with zero attached hydrogens (tertiary/aromatic N) is 4. The van der Waals surface area contributed by atoms with E-state index in [1.165, 1.54) is 0 Å². The van der Waals surface area contributed by atoms with Crippen molar-refractivity contribution in [3.05, 3.63) is 193 Å². The van der Waals surface area contributed by atoms with Crippen LogP contribution in [0.3, 0.4) is 0 Å². The number of hydrogen-bond acceptors (Lipinski definition) is 4. The van der Waals surface area contributed by atoms with Crippen molar-refractivity contribution in [3.8, 4) is 45.8 Å².